The maximum absolute atomic E-state index is 11.5. The number of carbonyl (C=O) groups excluding carboxylic acids is 2. The smallest absolute Gasteiger partial charge is 0.240 e. The molecule has 2 heterocycles. The van der Waals surface area contributed by atoms with Crippen molar-refractivity contribution in [2.24, 2.45) is 0 Å². The minimum absolute atomic E-state index is 0.0492. The Kier molecular flexibility index (Phi) is 3.58. The maximum Gasteiger partial charge on any atom is 0.240 e. The highest BCUT2D eigenvalue weighted by atomic mass is 16.2. The van der Waals surface area contributed by atoms with Crippen LogP contribution in [0.15, 0.2) is 23.8 Å². The molecule has 3 N–H and O–H groups in total. The van der Waals surface area contributed by atoms with Crippen LogP contribution in [0.4, 0.5) is 0 Å². The Morgan fingerprint density at radius 2 is 2.35 bits per heavy atom. The molecule has 2 unspecified atom stereocenters. The SMILES string of the molecule is CNC(=O)C1C=CCC(C2=CCNC(=O)C2)N1. The van der Waals surface area contributed by atoms with E-state index < -0.39 is 0 Å². The zero-order valence-corrected chi connectivity index (χ0v) is 9.82. The summed E-state index contributed by atoms with van der Waals surface area (Å²) in [6.07, 6.45) is 7.13. The van der Waals surface area contributed by atoms with Gasteiger partial charge in [0.15, 0.2) is 0 Å². The van der Waals surface area contributed by atoms with Gasteiger partial charge in [-0.2, -0.15) is 0 Å². The van der Waals surface area contributed by atoms with Gasteiger partial charge in [-0.3, -0.25) is 14.9 Å². The predicted octanol–water partition coefficient (Wildman–Crippen LogP) is -0.535. The van der Waals surface area contributed by atoms with Crippen LogP contribution < -0.4 is 16.0 Å². The minimum Gasteiger partial charge on any atom is -0.358 e. The molecule has 0 aromatic carbocycles. The van der Waals surface area contributed by atoms with Crippen LogP contribution in [-0.2, 0) is 9.59 Å². The van der Waals surface area contributed by atoms with Gasteiger partial charge >= 0.3 is 0 Å². The Bertz CT molecular complexity index is 387. The quantitative estimate of drug-likeness (QED) is 0.563. The van der Waals surface area contributed by atoms with Crippen LogP contribution in [0.1, 0.15) is 12.8 Å². The van der Waals surface area contributed by atoms with Gasteiger partial charge in [-0.25, -0.2) is 0 Å². The van der Waals surface area contributed by atoms with E-state index in [1.165, 1.54) is 0 Å². The molecule has 2 amide bonds. The number of nitrogens with one attached hydrogen (secondary N) is 3. The first-order chi connectivity index (χ1) is 8.20. The monoisotopic (exact) mass is 235 g/mol. The summed E-state index contributed by atoms with van der Waals surface area (Å²) in [5, 5.41) is 8.62. The average Bonchev–Trinajstić information content (AvgIpc) is 2.38. The second kappa shape index (κ2) is 5.14. The normalized spacial score (nSPS) is 28.3. The van der Waals surface area contributed by atoms with Gasteiger partial charge in [0.2, 0.25) is 11.8 Å². The van der Waals surface area contributed by atoms with Gasteiger partial charge in [0, 0.05) is 26.1 Å². The van der Waals surface area contributed by atoms with E-state index in [0.29, 0.717) is 13.0 Å². The third-order valence-electron chi connectivity index (χ3n) is 3.09. The molecule has 0 bridgehead atoms. The molecule has 5 nitrogen and oxygen atoms in total. The van der Waals surface area contributed by atoms with Crippen LogP contribution in [0, 0.1) is 0 Å². The molecule has 2 aliphatic heterocycles. The summed E-state index contributed by atoms with van der Waals surface area (Å²) < 4.78 is 0. The third kappa shape index (κ3) is 2.74. The van der Waals surface area contributed by atoms with Gasteiger partial charge in [-0.1, -0.05) is 18.2 Å². The van der Waals surface area contributed by atoms with Gasteiger partial charge in [0.05, 0.1) is 0 Å². The average molecular weight is 235 g/mol. The molecule has 2 aliphatic rings. The summed E-state index contributed by atoms with van der Waals surface area (Å²) in [5.41, 5.74) is 1.08. The molecule has 0 aromatic heterocycles. The van der Waals surface area contributed by atoms with E-state index >= 15 is 0 Å². The summed E-state index contributed by atoms with van der Waals surface area (Å²) >= 11 is 0. The molecule has 0 aliphatic carbocycles. The predicted molar refractivity (Wildman–Crippen MR) is 64.2 cm³/mol. The maximum atomic E-state index is 11.5. The molecular formula is C12H17N3O2. The first-order valence-corrected chi connectivity index (χ1v) is 5.80. The molecule has 0 saturated heterocycles. The number of carbonyl (C=O) groups is 2. The van der Waals surface area contributed by atoms with Gasteiger partial charge in [-0.05, 0) is 12.0 Å². The van der Waals surface area contributed by atoms with Gasteiger partial charge in [-0.15, -0.1) is 0 Å². The molecule has 92 valence electrons. The lowest BCUT2D eigenvalue weighted by Gasteiger charge is -2.29. The standard InChI is InChI=1S/C12H17N3O2/c1-13-12(17)10-4-2-3-9(15-10)8-5-6-14-11(16)7-8/h2,4-5,9-10,15H,3,6-7H2,1H3,(H,13,17)(H,14,16). The number of rotatable bonds is 2. The van der Waals surface area contributed by atoms with Crippen molar-refractivity contribution in [3.63, 3.8) is 0 Å². The van der Waals surface area contributed by atoms with Crippen LogP contribution in [0.25, 0.3) is 0 Å². The minimum atomic E-state index is -0.301. The van der Waals surface area contributed by atoms with Crippen molar-refractivity contribution in [2.75, 3.05) is 13.6 Å². The van der Waals surface area contributed by atoms with Crippen LogP contribution in [0.3, 0.4) is 0 Å². The van der Waals surface area contributed by atoms with Crippen molar-refractivity contribution >= 4 is 11.8 Å². The summed E-state index contributed by atoms with van der Waals surface area (Å²) in [5.74, 6) is 0.00200. The van der Waals surface area contributed by atoms with Gasteiger partial charge in [0.1, 0.15) is 6.04 Å². The van der Waals surface area contributed by atoms with E-state index in [9.17, 15) is 9.59 Å². The van der Waals surface area contributed by atoms with E-state index in [1.54, 1.807) is 7.05 Å². The second-order valence-corrected chi connectivity index (χ2v) is 4.23. The lowest BCUT2D eigenvalue weighted by atomic mass is 9.94. The van der Waals surface area contributed by atoms with E-state index in [1.807, 2.05) is 18.2 Å². The van der Waals surface area contributed by atoms with Crippen LogP contribution in [0.2, 0.25) is 0 Å². The largest absolute Gasteiger partial charge is 0.358 e. The molecule has 17 heavy (non-hydrogen) atoms. The Balaban J connectivity index is 2.04. The highest BCUT2D eigenvalue weighted by molar-refractivity contribution is 5.84. The highest BCUT2D eigenvalue weighted by Crippen LogP contribution is 2.18. The van der Waals surface area contributed by atoms with E-state index in [0.717, 1.165) is 12.0 Å². The van der Waals surface area contributed by atoms with Crippen molar-refractivity contribution in [1.82, 2.24) is 16.0 Å². The summed E-state index contributed by atoms with van der Waals surface area (Å²) in [7, 11) is 1.62. The molecule has 0 radical (unpaired) electrons. The second-order valence-electron chi connectivity index (χ2n) is 4.23. The fraction of sp³-hybridized carbons (Fsp3) is 0.500. The third-order valence-corrected chi connectivity index (χ3v) is 3.09. The molecule has 0 saturated carbocycles. The zero-order valence-electron chi connectivity index (χ0n) is 9.82. The number of likely N-dealkylation sites (N-methyl/N-ethyl adjacent to an activating group) is 1. The Morgan fingerprint density at radius 1 is 1.53 bits per heavy atom. The molecule has 2 atom stereocenters. The molecule has 0 aromatic rings. The topological polar surface area (TPSA) is 70.2 Å². The molecule has 0 spiro atoms. The van der Waals surface area contributed by atoms with Gasteiger partial charge < -0.3 is 10.6 Å². The van der Waals surface area contributed by atoms with Crippen LogP contribution in [0.5, 0.6) is 0 Å². The van der Waals surface area contributed by atoms with Crippen molar-refractivity contribution in [3.05, 3.63) is 23.8 Å². The Hall–Kier alpha value is -1.62. The fourth-order valence-electron chi connectivity index (χ4n) is 2.15. The van der Waals surface area contributed by atoms with E-state index in [4.69, 9.17) is 0 Å². The Labute approximate surface area is 100 Å². The van der Waals surface area contributed by atoms with E-state index in [2.05, 4.69) is 16.0 Å². The number of hydrogen-bond acceptors (Lipinski definition) is 3. The van der Waals surface area contributed by atoms with Crippen LogP contribution in [-0.4, -0.2) is 37.5 Å². The van der Waals surface area contributed by atoms with Crippen molar-refractivity contribution in [3.8, 4) is 0 Å². The van der Waals surface area contributed by atoms with Crippen LogP contribution >= 0.6 is 0 Å². The number of amides is 2. The molecule has 5 heteroatoms. The zero-order chi connectivity index (χ0) is 12.3. The van der Waals surface area contributed by atoms with Gasteiger partial charge in [0.25, 0.3) is 0 Å². The van der Waals surface area contributed by atoms with E-state index in [-0.39, 0.29) is 23.9 Å². The lowest BCUT2D eigenvalue weighted by Crippen LogP contribution is -2.49. The molecule has 2 rings (SSSR count). The summed E-state index contributed by atoms with van der Waals surface area (Å²) in [6.45, 7) is 0.584. The molecule has 0 fully saturated rings. The first-order valence-electron chi connectivity index (χ1n) is 5.80. The summed E-state index contributed by atoms with van der Waals surface area (Å²) in [4.78, 5) is 22.8. The first kappa shape index (κ1) is 11.9. The fourth-order valence-corrected chi connectivity index (χ4v) is 2.15. The molecular weight excluding hydrogens is 218 g/mol. The Morgan fingerprint density at radius 3 is 3.06 bits per heavy atom. The number of hydrogen-bond donors (Lipinski definition) is 3. The van der Waals surface area contributed by atoms with Crippen molar-refractivity contribution in [1.29, 1.82) is 0 Å². The van der Waals surface area contributed by atoms with Crippen molar-refractivity contribution < 1.29 is 9.59 Å². The van der Waals surface area contributed by atoms with Crippen molar-refractivity contribution in [2.45, 2.75) is 24.9 Å². The summed E-state index contributed by atoms with van der Waals surface area (Å²) in [6, 6.07) is -0.210. The highest BCUT2D eigenvalue weighted by Gasteiger charge is 2.26. The lowest BCUT2D eigenvalue weighted by molar-refractivity contribution is -0.121.